The van der Waals surface area contributed by atoms with Crippen LogP contribution in [-0.2, 0) is 9.53 Å². The number of hydrogen-bond donors (Lipinski definition) is 0. The standard InChI is InChI=1S/C16H19NO3/c1-20-8-6-11-9-15(18)14-10-12(4-5-13(11)14)17-7-2-3-16(17)19/h4-5,10-11H,2-3,6-9H2,1H3. The zero-order valence-corrected chi connectivity index (χ0v) is 11.7. The lowest BCUT2D eigenvalue weighted by atomic mass is 9.98. The van der Waals surface area contributed by atoms with Crippen LogP contribution in [0, 0.1) is 0 Å². The van der Waals surface area contributed by atoms with Gasteiger partial charge in [0.1, 0.15) is 0 Å². The summed E-state index contributed by atoms with van der Waals surface area (Å²) >= 11 is 0. The molecule has 0 saturated carbocycles. The number of carbonyl (C=O) groups is 2. The van der Waals surface area contributed by atoms with E-state index in [2.05, 4.69) is 0 Å². The van der Waals surface area contributed by atoms with E-state index in [9.17, 15) is 9.59 Å². The summed E-state index contributed by atoms with van der Waals surface area (Å²) in [6, 6.07) is 5.88. The number of nitrogens with zero attached hydrogens (tertiary/aromatic N) is 1. The number of ether oxygens (including phenoxy) is 1. The van der Waals surface area contributed by atoms with E-state index in [0.29, 0.717) is 19.4 Å². The molecule has 1 fully saturated rings. The second-order valence-corrected chi connectivity index (χ2v) is 5.53. The van der Waals surface area contributed by atoms with Gasteiger partial charge in [0.15, 0.2) is 5.78 Å². The molecule has 1 aromatic carbocycles. The number of hydrogen-bond acceptors (Lipinski definition) is 3. The molecule has 1 unspecified atom stereocenters. The highest BCUT2D eigenvalue weighted by atomic mass is 16.5. The van der Waals surface area contributed by atoms with Gasteiger partial charge in [0.05, 0.1) is 0 Å². The first kappa shape index (κ1) is 13.3. The number of methoxy groups -OCH3 is 1. The van der Waals surface area contributed by atoms with Crippen molar-refractivity contribution < 1.29 is 14.3 Å². The summed E-state index contributed by atoms with van der Waals surface area (Å²) < 4.78 is 5.11. The fourth-order valence-electron chi connectivity index (χ4n) is 3.19. The van der Waals surface area contributed by atoms with Gasteiger partial charge in [0.25, 0.3) is 0 Å². The van der Waals surface area contributed by atoms with Gasteiger partial charge < -0.3 is 9.64 Å². The lowest BCUT2D eigenvalue weighted by Crippen LogP contribution is -2.23. The maximum atomic E-state index is 12.1. The zero-order chi connectivity index (χ0) is 14.1. The Hall–Kier alpha value is -1.68. The van der Waals surface area contributed by atoms with Gasteiger partial charge >= 0.3 is 0 Å². The van der Waals surface area contributed by atoms with Crippen molar-refractivity contribution in [3.8, 4) is 0 Å². The summed E-state index contributed by atoms with van der Waals surface area (Å²) in [6.07, 6.45) is 2.95. The van der Waals surface area contributed by atoms with Crippen LogP contribution in [0.1, 0.15) is 47.5 Å². The molecule has 1 saturated heterocycles. The predicted molar refractivity (Wildman–Crippen MR) is 76.2 cm³/mol. The molecule has 4 nitrogen and oxygen atoms in total. The molecule has 4 heteroatoms. The van der Waals surface area contributed by atoms with Crippen molar-refractivity contribution in [1.82, 2.24) is 0 Å². The first-order valence-corrected chi connectivity index (χ1v) is 7.17. The van der Waals surface area contributed by atoms with Crippen molar-refractivity contribution in [3.63, 3.8) is 0 Å². The fourth-order valence-corrected chi connectivity index (χ4v) is 3.19. The molecule has 1 aliphatic carbocycles. The molecular weight excluding hydrogens is 254 g/mol. The van der Waals surface area contributed by atoms with Gasteiger partial charge in [0, 0.05) is 44.4 Å². The topological polar surface area (TPSA) is 46.6 Å². The Bertz CT molecular complexity index is 553. The molecule has 106 valence electrons. The number of anilines is 1. The largest absolute Gasteiger partial charge is 0.385 e. The van der Waals surface area contributed by atoms with Gasteiger partial charge in [-0.2, -0.15) is 0 Å². The number of rotatable bonds is 4. The first-order valence-electron chi connectivity index (χ1n) is 7.17. The number of ketones is 1. The molecule has 1 aromatic rings. The molecule has 0 spiro atoms. The number of carbonyl (C=O) groups excluding carboxylic acids is 2. The van der Waals surface area contributed by atoms with E-state index < -0.39 is 0 Å². The Labute approximate surface area is 118 Å². The van der Waals surface area contributed by atoms with Crippen LogP contribution in [0.4, 0.5) is 5.69 Å². The predicted octanol–water partition coefficient (Wildman–Crippen LogP) is 2.52. The zero-order valence-electron chi connectivity index (χ0n) is 11.7. The van der Waals surface area contributed by atoms with E-state index in [1.807, 2.05) is 18.2 Å². The number of fused-ring (bicyclic) bond motifs is 1. The Morgan fingerprint density at radius 1 is 1.35 bits per heavy atom. The quantitative estimate of drug-likeness (QED) is 0.847. The van der Waals surface area contributed by atoms with Crippen LogP contribution in [0.2, 0.25) is 0 Å². The Morgan fingerprint density at radius 2 is 2.20 bits per heavy atom. The molecular formula is C16H19NO3. The average molecular weight is 273 g/mol. The third kappa shape index (κ3) is 2.24. The Kier molecular flexibility index (Phi) is 3.57. The number of benzene rings is 1. The first-order chi connectivity index (χ1) is 9.70. The van der Waals surface area contributed by atoms with Crippen molar-refractivity contribution >= 4 is 17.4 Å². The monoisotopic (exact) mass is 273 g/mol. The summed E-state index contributed by atoms with van der Waals surface area (Å²) in [6.45, 7) is 1.43. The third-order valence-electron chi connectivity index (χ3n) is 4.26. The SMILES string of the molecule is COCCC1CC(=O)c2cc(N3CCCC3=O)ccc21. The Morgan fingerprint density at radius 3 is 2.90 bits per heavy atom. The van der Waals surface area contributed by atoms with E-state index in [1.54, 1.807) is 12.0 Å². The van der Waals surface area contributed by atoms with Gasteiger partial charge in [-0.05, 0) is 36.5 Å². The summed E-state index contributed by atoms with van der Waals surface area (Å²) in [5, 5.41) is 0. The molecule has 20 heavy (non-hydrogen) atoms. The average Bonchev–Trinajstić information content (AvgIpc) is 3.01. The van der Waals surface area contributed by atoms with Crippen LogP contribution < -0.4 is 4.90 Å². The maximum Gasteiger partial charge on any atom is 0.227 e. The minimum Gasteiger partial charge on any atom is -0.385 e. The molecule has 1 atom stereocenters. The van der Waals surface area contributed by atoms with Crippen LogP contribution in [0.15, 0.2) is 18.2 Å². The number of amides is 1. The van der Waals surface area contributed by atoms with Crippen molar-refractivity contribution in [1.29, 1.82) is 0 Å². The molecule has 1 amide bonds. The summed E-state index contributed by atoms with van der Waals surface area (Å²) in [5.41, 5.74) is 2.78. The molecule has 1 heterocycles. The normalized spacial score (nSPS) is 21.6. The molecule has 2 aliphatic rings. The highest BCUT2D eigenvalue weighted by Gasteiger charge is 2.30. The lowest BCUT2D eigenvalue weighted by Gasteiger charge is -2.17. The van der Waals surface area contributed by atoms with Crippen LogP contribution in [-0.4, -0.2) is 32.0 Å². The van der Waals surface area contributed by atoms with Gasteiger partial charge in [-0.15, -0.1) is 0 Å². The molecule has 0 N–H and O–H groups in total. The van der Waals surface area contributed by atoms with Gasteiger partial charge in [-0.1, -0.05) is 6.07 Å². The highest BCUT2D eigenvalue weighted by Crippen LogP contribution is 2.37. The highest BCUT2D eigenvalue weighted by molar-refractivity contribution is 6.03. The van der Waals surface area contributed by atoms with Crippen molar-refractivity contribution in [2.75, 3.05) is 25.2 Å². The van der Waals surface area contributed by atoms with Gasteiger partial charge in [-0.25, -0.2) is 0 Å². The van der Waals surface area contributed by atoms with E-state index in [-0.39, 0.29) is 17.6 Å². The third-order valence-corrected chi connectivity index (χ3v) is 4.26. The minimum atomic E-state index is 0.159. The summed E-state index contributed by atoms with van der Waals surface area (Å²) in [4.78, 5) is 25.7. The lowest BCUT2D eigenvalue weighted by molar-refractivity contribution is -0.117. The molecule has 1 aliphatic heterocycles. The van der Waals surface area contributed by atoms with E-state index in [4.69, 9.17) is 4.74 Å². The Balaban J connectivity index is 1.87. The van der Waals surface area contributed by atoms with Crippen molar-refractivity contribution in [2.24, 2.45) is 0 Å². The maximum absolute atomic E-state index is 12.1. The van der Waals surface area contributed by atoms with Crippen molar-refractivity contribution in [2.45, 2.75) is 31.6 Å². The molecule has 0 radical (unpaired) electrons. The van der Waals surface area contributed by atoms with E-state index in [0.717, 1.165) is 36.2 Å². The van der Waals surface area contributed by atoms with Crippen LogP contribution in [0.3, 0.4) is 0 Å². The number of Topliss-reactive ketones (excluding diaryl/α,β-unsaturated/α-hetero) is 1. The van der Waals surface area contributed by atoms with Crippen molar-refractivity contribution in [3.05, 3.63) is 29.3 Å². The van der Waals surface area contributed by atoms with E-state index >= 15 is 0 Å². The second-order valence-electron chi connectivity index (χ2n) is 5.53. The summed E-state index contributed by atoms with van der Waals surface area (Å²) in [5.74, 6) is 0.613. The fraction of sp³-hybridized carbons (Fsp3) is 0.500. The minimum absolute atomic E-state index is 0.159. The molecule has 3 rings (SSSR count). The van der Waals surface area contributed by atoms with Crippen LogP contribution in [0.25, 0.3) is 0 Å². The van der Waals surface area contributed by atoms with Gasteiger partial charge in [0.2, 0.25) is 5.91 Å². The van der Waals surface area contributed by atoms with Gasteiger partial charge in [-0.3, -0.25) is 9.59 Å². The van der Waals surface area contributed by atoms with Crippen LogP contribution in [0.5, 0.6) is 0 Å². The smallest absolute Gasteiger partial charge is 0.227 e. The second kappa shape index (κ2) is 5.37. The molecule has 0 bridgehead atoms. The molecule has 0 aromatic heterocycles. The summed E-state index contributed by atoms with van der Waals surface area (Å²) in [7, 11) is 1.68. The van der Waals surface area contributed by atoms with Crippen LogP contribution >= 0.6 is 0 Å². The van der Waals surface area contributed by atoms with E-state index in [1.165, 1.54) is 0 Å².